The number of carbonyl (C=O) groups excluding carboxylic acids is 1. The van der Waals surface area contributed by atoms with E-state index in [0.29, 0.717) is 6.54 Å². The Bertz CT molecular complexity index is 366. The van der Waals surface area contributed by atoms with Crippen LogP contribution < -0.4 is 0 Å². The average Bonchev–Trinajstić information content (AvgIpc) is 2.38. The van der Waals surface area contributed by atoms with E-state index < -0.39 is 12.1 Å². The smallest absolute Gasteiger partial charge is 0.334 e. The standard InChI is InChI=1S/C13H19NO4/c1-9-7-14(8-11(18-9)13(16)17)12(15)10-5-3-2-4-6-10/h2-3,9-11H,4-8H2,1H3,(H,16,17)/t9-,10-,11+/m1/s1. The molecule has 0 spiro atoms. The maximum atomic E-state index is 12.3. The van der Waals surface area contributed by atoms with Crippen molar-refractivity contribution in [2.75, 3.05) is 13.1 Å². The van der Waals surface area contributed by atoms with E-state index in [1.165, 1.54) is 0 Å². The Labute approximate surface area is 106 Å². The van der Waals surface area contributed by atoms with Gasteiger partial charge in [0.1, 0.15) is 0 Å². The molecule has 1 N–H and O–H groups in total. The Morgan fingerprint density at radius 3 is 2.72 bits per heavy atom. The fraction of sp³-hybridized carbons (Fsp3) is 0.692. The Balaban J connectivity index is 2.00. The zero-order valence-corrected chi connectivity index (χ0v) is 10.5. The molecule has 5 nitrogen and oxygen atoms in total. The van der Waals surface area contributed by atoms with Crippen LogP contribution in [0.5, 0.6) is 0 Å². The summed E-state index contributed by atoms with van der Waals surface area (Å²) in [6.45, 7) is 2.46. The molecule has 0 aromatic carbocycles. The van der Waals surface area contributed by atoms with Gasteiger partial charge in [0, 0.05) is 12.5 Å². The van der Waals surface area contributed by atoms with E-state index in [9.17, 15) is 9.59 Å². The van der Waals surface area contributed by atoms with Gasteiger partial charge in [0.2, 0.25) is 5.91 Å². The first-order chi connectivity index (χ1) is 8.58. The van der Waals surface area contributed by atoms with E-state index in [1.54, 1.807) is 11.8 Å². The molecule has 5 heteroatoms. The summed E-state index contributed by atoms with van der Waals surface area (Å²) in [5.74, 6) is -0.918. The van der Waals surface area contributed by atoms with Gasteiger partial charge in [-0.3, -0.25) is 4.79 Å². The minimum Gasteiger partial charge on any atom is -0.479 e. The molecule has 1 aliphatic heterocycles. The highest BCUT2D eigenvalue weighted by Gasteiger charge is 2.34. The van der Waals surface area contributed by atoms with E-state index in [2.05, 4.69) is 6.08 Å². The summed E-state index contributed by atoms with van der Waals surface area (Å²) in [7, 11) is 0. The minimum absolute atomic E-state index is 0.00902. The van der Waals surface area contributed by atoms with Gasteiger partial charge in [-0.2, -0.15) is 0 Å². The van der Waals surface area contributed by atoms with Crippen LogP contribution >= 0.6 is 0 Å². The first-order valence-electron chi connectivity index (χ1n) is 6.40. The van der Waals surface area contributed by atoms with Gasteiger partial charge in [0.15, 0.2) is 6.10 Å². The molecule has 2 aliphatic rings. The van der Waals surface area contributed by atoms with Crippen LogP contribution in [0.2, 0.25) is 0 Å². The van der Waals surface area contributed by atoms with Crippen molar-refractivity contribution in [3.8, 4) is 0 Å². The first kappa shape index (κ1) is 13.1. The van der Waals surface area contributed by atoms with Gasteiger partial charge < -0.3 is 14.7 Å². The van der Waals surface area contributed by atoms with Crippen LogP contribution in [0.25, 0.3) is 0 Å². The number of amides is 1. The lowest BCUT2D eigenvalue weighted by Crippen LogP contribution is -2.53. The second-order valence-corrected chi connectivity index (χ2v) is 5.00. The summed E-state index contributed by atoms with van der Waals surface area (Å²) in [5.41, 5.74) is 0. The fourth-order valence-electron chi connectivity index (χ4n) is 2.54. The number of nitrogens with zero attached hydrogens (tertiary/aromatic N) is 1. The molecule has 1 amide bonds. The van der Waals surface area contributed by atoms with Crippen LogP contribution in [0.1, 0.15) is 26.2 Å². The summed E-state index contributed by atoms with van der Waals surface area (Å²) >= 11 is 0. The summed E-state index contributed by atoms with van der Waals surface area (Å²) in [6, 6.07) is 0. The zero-order chi connectivity index (χ0) is 13.1. The number of ether oxygens (including phenoxy) is 1. The number of hydrogen-bond donors (Lipinski definition) is 1. The topological polar surface area (TPSA) is 66.8 Å². The number of carboxylic acid groups (broad SMARTS) is 1. The van der Waals surface area contributed by atoms with Gasteiger partial charge in [-0.05, 0) is 26.2 Å². The van der Waals surface area contributed by atoms with Crippen molar-refractivity contribution in [2.24, 2.45) is 5.92 Å². The lowest BCUT2D eigenvalue weighted by molar-refractivity contribution is -0.167. The molecule has 0 saturated carbocycles. The van der Waals surface area contributed by atoms with Crippen molar-refractivity contribution in [3.63, 3.8) is 0 Å². The molecular weight excluding hydrogens is 234 g/mol. The van der Waals surface area contributed by atoms with Crippen LogP contribution in [0.3, 0.4) is 0 Å². The lowest BCUT2D eigenvalue weighted by Gasteiger charge is -2.37. The molecule has 1 fully saturated rings. The van der Waals surface area contributed by atoms with E-state index >= 15 is 0 Å². The van der Waals surface area contributed by atoms with Crippen LogP contribution in [0, 0.1) is 5.92 Å². The van der Waals surface area contributed by atoms with Crippen molar-refractivity contribution in [1.29, 1.82) is 0 Å². The molecule has 0 unspecified atom stereocenters. The Morgan fingerprint density at radius 1 is 1.33 bits per heavy atom. The monoisotopic (exact) mass is 253 g/mol. The van der Waals surface area contributed by atoms with Crippen molar-refractivity contribution in [1.82, 2.24) is 4.90 Å². The van der Waals surface area contributed by atoms with Crippen molar-refractivity contribution < 1.29 is 19.4 Å². The number of allylic oxidation sites excluding steroid dienone is 2. The van der Waals surface area contributed by atoms with E-state index in [4.69, 9.17) is 9.84 Å². The highest BCUT2D eigenvalue weighted by molar-refractivity contribution is 5.81. The van der Waals surface area contributed by atoms with E-state index in [1.807, 2.05) is 6.08 Å². The number of carboxylic acids is 1. The maximum absolute atomic E-state index is 12.3. The van der Waals surface area contributed by atoms with Gasteiger partial charge in [-0.15, -0.1) is 0 Å². The van der Waals surface area contributed by atoms with Crippen LogP contribution in [-0.2, 0) is 14.3 Å². The summed E-state index contributed by atoms with van der Waals surface area (Å²) < 4.78 is 5.31. The fourth-order valence-corrected chi connectivity index (χ4v) is 2.54. The Hall–Kier alpha value is -1.36. The van der Waals surface area contributed by atoms with Gasteiger partial charge >= 0.3 is 5.97 Å². The molecule has 1 saturated heterocycles. The molecule has 18 heavy (non-hydrogen) atoms. The normalized spacial score (nSPS) is 32.3. The van der Waals surface area contributed by atoms with Gasteiger partial charge in [0.25, 0.3) is 0 Å². The number of carbonyl (C=O) groups is 2. The first-order valence-corrected chi connectivity index (χ1v) is 6.40. The third-order valence-electron chi connectivity index (χ3n) is 3.47. The summed E-state index contributed by atoms with van der Waals surface area (Å²) in [4.78, 5) is 24.9. The lowest BCUT2D eigenvalue weighted by atomic mass is 9.92. The zero-order valence-electron chi connectivity index (χ0n) is 10.5. The molecule has 3 atom stereocenters. The molecule has 100 valence electrons. The van der Waals surface area contributed by atoms with Crippen LogP contribution in [0.4, 0.5) is 0 Å². The van der Waals surface area contributed by atoms with E-state index in [-0.39, 0.29) is 24.5 Å². The maximum Gasteiger partial charge on any atom is 0.334 e. The number of aliphatic carboxylic acids is 1. The van der Waals surface area contributed by atoms with E-state index in [0.717, 1.165) is 19.3 Å². The third kappa shape index (κ3) is 2.90. The van der Waals surface area contributed by atoms with Crippen LogP contribution in [-0.4, -0.2) is 47.2 Å². The summed E-state index contributed by atoms with van der Waals surface area (Å²) in [5, 5.41) is 8.99. The number of morpholine rings is 1. The number of rotatable bonds is 2. The van der Waals surface area contributed by atoms with Crippen molar-refractivity contribution in [3.05, 3.63) is 12.2 Å². The molecule has 0 aromatic rings. The largest absolute Gasteiger partial charge is 0.479 e. The predicted octanol–water partition coefficient (Wildman–Crippen LogP) is 1.04. The minimum atomic E-state index is -0.997. The quantitative estimate of drug-likeness (QED) is 0.747. The van der Waals surface area contributed by atoms with Crippen molar-refractivity contribution >= 4 is 11.9 Å². The molecule has 0 radical (unpaired) electrons. The molecular formula is C13H19NO4. The second kappa shape index (κ2) is 5.52. The van der Waals surface area contributed by atoms with Crippen LogP contribution in [0.15, 0.2) is 12.2 Å². The highest BCUT2D eigenvalue weighted by atomic mass is 16.5. The predicted molar refractivity (Wildman–Crippen MR) is 65.0 cm³/mol. The average molecular weight is 253 g/mol. The highest BCUT2D eigenvalue weighted by Crippen LogP contribution is 2.22. The summed E-state index contributed by atoms with van der Waals surface area (Å²) in [6.07, 6.45) is 5.57. The van der Waals surface area contributed by atoms with Gasteiger partial charge in [-0.25, -0.2) is 4.79 Å². The van der Waals surface area contributed by atoms with Crippen molar-refractivity contribution in [2.45, 2.75) is 38.4 Å². The van der Waals surface area contributed by atoms with Gasteiger partial charge in [-0.1, -0.05) is 12.2 Å². The molecule has 1 heterocycles. The Morgan fingerprint density at radius 2 is 2.11 bits per heavy atom. The number of hydrogen-bond acceptors (Lipinski definition) is 3. The molecule has 2 rings (SSSR count). The Kier molecular flexibility index (Phi) is 4.01. The SMILES string of the molecule is C[C@@H]1CN(C(=O)[C@@H]2CC=CCC2)C[C@@H](C(=O)O)O1. The molecule has 1 aliphatic carbocycles. The molecule has 0 bridgehead atoms. The van der Waals surface area contributed by atoms with Gasteiger partial charge in [0.05, 0.1) is 12.6 Å². The second-order valence-electron chi connectivity index (χ2n) is 5.00. The molecule has 0 aromatic heterocycles. The third-order valence-corrected chi connectivity index (χ3v) is 3.47.